The first kappa shape index (κ1) is 17.2. The molecular weight excluding hydrogens is 334 g/mol. The molecule has 2 aromatic carbocycles. The van der Waals surface area contributed by atoms with Crippen molar-refractivity contribution in [3.8, 4) is 5.75 Å². The van der Waals surface area contributed by atoms with E-state index in [1.807, 2.05) is 36.4 Å². The number of carbonyl (C=O) groups is 1. The van der Waals surface area contributed by atoms with Gasteiger partial charge in [0, 0.05) is 24.0 Å². The van der Waals surface area contributed by atoms with Gasteiger partial charge in [-0.1, -0.05) is 19.1 Å². The number of fused-ring (bicyclic) bond motifs is 1. The first-order valence-corrected chi connectivity index (χ1v) is 9.14. The van der Waals surface area contributed by atoms with Crippen LogP contribution in [-0.4, -0.2) is 30.0 Å². The van der Waals surface area contributed by atoms with Crippen molar-refractivity contribution in [1.29, 1.82) is 0 Å². The van der Waals surface area contributed by atoms with Crippen LogP contribution < -0.4 is 15.4 Å². The summed E-state index contributed by atoms with van der Waals surface area (Å²) in [5.41, 5.74) is 0.628. The zero-order chi connectivity index (χ0) is 17.5. The average Bonchev–Trinajstić information content (AvgIpc) is 3.07. The SMILES string of the molecule is CCCOc1ccc(C(=O)NCCNc2nsc3ccccc23)cc1. The Balaban J connectivity index is 1.46. The number of nitrogens with one attached hydrogen (secondary N) is 2. The maximum absolute atomic E-state index is 12.2. The summed E-state index contributed by atoms with van der Waals surface area (Å²) in [7, 11) is 0. The van der Waals surface area contributed by atoms with Crippen LogP contribution in [0.1, 0.15) is 23.7 Å². The molecule has 2 N–H and O–H groups in total. The largest absolute Gasteiger partial charge is 0.494 e. The molecule has 0 aliphatic heterocycles. The van der Waals surface area contributed by atoms with Gasteiger partial charge in [0.15, 0.2) is 0 Å². The van der Waals surface area contributed by atoms with Gasteiger partial charge in [-0.25, -0.2) is 0 Å². The lowest BCUT2D eigenvalue weighted by molar-refractivity contribution is 0.0955. The molecule has 25 heavy (non-hydrogen) atoms. The Kier molecular flexibility index (Phi) is 5.85. The smallest absolute Gasteiger partial charge is 0.251 e. The summed E-state index contributed by atoms with van der Waals surface area (Å²) in [6, 6.07) is 15.3. The van der Waals surface area contributed by atoms with Crippen molar-refractivity contribution in [1.82, 2.24) is 9.69 Å². The molecule has 0 radical (unpaired) electrons. The molecular formula is C19H21N3O2S. The van der Waals surface area contributed by atoms with Crippen molar-refractivity contribution < 1.29 is 9.53 Å². The number of carbonyl (C=O) groups excluding carboxylic acids is 1. The quantitative estimate of drug-likeness (QED) is 0.601. The van der Waals surface area contributed by atoms with E-state index in [4.69, 9.17) is 4.74 Å². The predicted octanol–water partition coefficient (Wildman–Crippen LogP) is 3.93. The van der Waals surface area contributed by atoms with Crippen LogP contribution in [0.15, 0.2) is 48.5 Å². The second-order valence-electron chi connectivity index (χ2n) is 5.58. The van der Waals surface area contributed by atoms with Crippen LogP contribution in [0.3, 0.4) is 0 Å². The van der Waals surface area contributed by atoms with E-state index in [9.17, 15) is 4.79 Å². The fourth-order valence-corrected chi connectivity index (χ4v) is 3.15. The van der Waals surface area contributed by atoms with Crippen LogP contribution in [0.2, 0.25) is 0 Å². The lowest BCUT2D eigenvalue weighted by Gasteiger charge is -2.08. The molecule has 5 nitrogen and oxygen atoms in total. The number of aromatic nitrogens is 1. The van der Waals surface area contributed by atoms with Crippen LogP contribution in [0.5, 0.6) is 5.75 Å². The van der Waals surface area contributed by atoms with E-state index in [2.05, 4.69) is 21.9 Å². The fraction of sp³-hybridized carbons (Fsp3) is 0.263. The number of ether oxygens (including phenoxy) is 1. The molecule has 3 aromatic rings. The summed E-state index contributed by atoms with van der Waals surface area (Å²) < 4.78 is 11.1. The van der Waals surface area contributed by atoms with Crippen LogP contribution in [0.25, 0.3) is 10.1 Å². The van der Waals surface area contributed by atoms with Crippen molar-refractivity contribution in [2.45, 2.75) is 13.3 Å². The van der Waals surface area contributed by atoms with Crippen LogP contribution in [0.4, 0.5) is 5.82 Å². The number of hydrogen-bond donors (Lipinski definition) is 2. The average molecular weight is 355 g/mol. The Hall–Kier alpha value is -2.60. The van der Waals surface area contributed by atoms with Crippen molar-refractivity contribution in [2.24, 2.45) is 0 Å². The molecule has 1 amide bonds. The first-order valence-electron chi connectivity index (χ1n) is 8.37. The summed E-state index contributed by atoms with van der Waals surface area (Å²) in [5.74, 6) is 1.56. The highest BCUT2D eigenvalue weighted by atomic mass is 32.1. The third-order valence-electron chi connectivity index (χ3n) is 3.67. The minimum absolute atomic E-state index is 0.0908. The Labute approximate surface area is 151 Å². The van der Waals surface area contributed by atoms with Gasteiger partial charge >= 0.3 is 0 Å². The summed E-state index contributed by atoms with van der Waals surface area (Å²) >= 11 is 1.47. The number of nitrogens with zero attached hydrogens (tertiary/aromatic N) is 1. The van der Waals surface area contributed by atoms with Crippen LogP contribution in [0, 0.1) is 0 Å². The highest BCUT2D eigenvalue weighted by molar-refractivity contribution is 7.13. The van der Waals surface area contributed by atoms with Crippen molar-refractivity contribution in [2.75, 3.05) is 25.0 Å². The third kappa shape index (κ3) is 4.48. The summed E-state index contributed by atoms with van der Waals surface area (Å²) in [5, 5.41) is 7.29. The molecule has 0 spiro atoms. The molecule has 0 saturated carbocycles. The number of amides is 1. The predicted molar refractivity (Wildman–Crippen MR) is 103 cm³/mol. The van der Waals surface area contributed by atoms with Gasteiger partial charge in [0.2, 0.25) is 0 Å². The normalized spacial score (nSPS) is 10.6. The van der Waals surface area contributed by atoms with Gasteiger partial charge in [-0.2, -0.15) is 4.37 Å². The lowest BCUT2D eigenvalue weighted by Crippen LogP contribution is -2.28. The maximum Gasteiger partial charge on any atom is 0.251 e. The highest BCUT2D eigenvalue weighted by Gasteiger charge is 2.07. The monoisotopic (exact) mass is 355 g/mol. The van der Waals surface area contributed by atoms with E-state index >= 15 is 0 Å². The summed E-state index contributed by atoms with van der Waals surface area (Å²) in [6.07, 6.45) is 0.962. The van der Waals surface area contributed by atoms with Crippen molar-refractivity contribution >= 4 is 33.3 Å². The van der Waals surface area contributed by atoms with E-state index in [-0.39, 0.29) is 5.91 Å². The molecule has 0 aliphatic carbocycles. The maximum atomic E-state index is 12.2. The second-order valence-corrected chi connectivity index (χ2v) is 6.39. The zero-order valence-electron chi connectivity index (χ0n) is 14.1. The van der Waals surface area contributed by atoms with Crippen molar-refractivity contribution in [3.05, 3.63) is 54.1 Å². The number of hydrogen-bond acceptors (Lipinski definition) is 5. The van der Waals surface area contributed by atoms with Gasteiger partial charge in [-0.15, -0.1) is 0 Å². The fourth-order valence-electron chi connectivity index (χ4n) is 2.39. The molecule has 0 fully saturated rings. The molecule has 0 atom stereocenters. The molecule has 0 bridgehead atoms. The minimum Gasteiger partial charge on any atom is -0.494 e. The van der Waals surface area contributed by atoms with E-state index in [0.717, 1.165) is 28.1 Å². The summed E-state index contributed by atoms with van der Waals surface area (Å²) in [6.45, 7) is 3.89. The van der Waals surface area contributed by atoms with E-state index in [0.29, 0.717) is 25.3 Å². The molecule has 6 heteroatoms. The molecule has 130 valence electrons. The second kappa shape index (κ2) is 8.48. The topological polar surface area (TPSA) is 63.2 Å². The lowest BCUT2D eigenvalue weighted by atomic mass is 10.2. The zero-order valence-corrected chi connectivity index (χ0v) is 14.9. The number of anilines is 1. The highest BCUT2D eigenvalue weighted by Crippen LogP contribution is 2.25. The Morgan fingerprint density at radius 1 is 1.12 bits per heavy atom. The van der Waals surface area contributed by atoms with E-state index in [1.54, 1.807) is 12.1 Å². The first-order chi connectivity index (χ1) is 12.3. The van der Waals surface area contributed by atoms with Gasteiger partial charge in [0.1, 0.15) is 11.6 Å². The Bertz CT molecular complexity index is 830. The number of benzene rings is 2. The molecule has 1 aromatic heterocycles. The van der Waals surface area contributed by atoms with Crippen LogP contribution in [-0.2, 0) is 0 Å². The Morgan fingerprint density at radius 2 is 1.92 bits per heavy atom. The van der Waals surface area contributed by atoms with Crippen LogP contribution >= 0.6 is 11.5 Å². The molecule has 0 saturated heterocycles. The van der Waals surface area contributed by atoms with Gasteiger partial charge in [-0.05, 0) is 54.4 Å². The van der Waals surface area contributed by atoms with Gasteiger partial charge in [-0.3, -0.25) is 4.79 Å². The summed E-state index contributed by atoms with van der Waals surface area (Å²) in [4.78, 5) is 12.2. The standard InChI is InChI=1S/C19H21N3O2S/c1-2-13-24-15-9-7-14(8-10-15)19(23)21-12-11-20-18-16-5-3-4-6-17(16)25-22-18/h3-10H,2,11-13H2,1H3,(H,20,22)(H,21,23). The third-order valence-corrected chi connectivity index (χ3v) is 4.50. The molecule has 0 unspecified atom stereocenters. The van der Waals surface area contributed by atoms with Gasteiger partial charge in [0.25, 0.3) is 5.91 Å². The molecule has 3 rings (SSSR count). The van der Waals surface area contributed by atoms with Gasteiger partial charge in [0.05, 0.1) is 11.3 Å². The minimum atomic E-state index is -0.0908. The van der Waals surface area contributed by atoms with E-state index < -0.39 is 0 Å². The molecule has 1 heterocycles. The Morgan fingerprint density at radius 3 is 2.72 bits per heavy atom. The number of rotatable bonds is 8. The van der Waals surface area contributed by atoms with E-state index in [1.165, 1.54) is 11.5 Å². The van der Waals surface area contributed by atoms with Crippen molar-refractivity contribution in [3.63, 3.8) is 0 Å². The van der Waals surface area contributed by atoms with Gasteiger partial charge < -0.3 is 15.4 Å². The molecule has 0 aliphatic rings.